The highest BCUT2D eigenvalue weighted by molar-refractivity contribution is 5.86. The van der Waals surface area contributed by atoms with Crippen LogP contribution in [0.25, 0.3) is 0 Å². The molecule has 2 aliphatic carbocycles. The highest BCUT2D eigenvalue weighted by atomic mass is 16.5. The Morgan fingerprint density at radius 1 is 1.24 bits per heavy atom. The summed E-state index contributed by atoms with van der Waals surface area (Å²) >= 11 is 0. The molecule has 0 aliphatic heterocycles. The van der Waals surface area contributed by atoms with E-state index in [-0.39, 0.29) is 23.6 Å². The van der Waals surface area contributed by atoms with Crippen molar-refractivity contribution < 1.29 is 14.3 Å². The Labute approximate surface area is 103 Å². The summed E-state index contributed by atoms with van der Waals surface area (Å²) in [5.41, 5.74) is 0. The molecular weight excluding hydrogens is 216 g/mol. The lowest BCUT2D eigenvalue weighted by atomic mass is 9.67. The van der Waals surface area contributed by atoms with Crippen molar-refractivity contribution in [1.82, 2.24) is 0 Å². The number of ether oxygens (including phenoxy) is 1. The quantitative estimate of drug-likeness (QED) is 0.708. The minimum atomic E-state index is -0.181. The van der Waals surface area contributed by atoms with E-state index in [1.807, 2.05) is 0 Å². The van der Waals surface area contributed by atoms with E-state index >= 15 is 0 Å². The summed E-state index contributed by atoms with van der Waals surface area (Å²) < 4.78 is 4.89. The first kappa shape index (κ1) is 12.6. The van der Waals surface area contributed by atoms with Crippen LogP contribution in [0, 0.1) is 35.5 Å². The summed E-state index contributed by atoms with van der Waals surface area (Å²) in [6.07, 6.45) is 2.14. The molecule has 0 aromatic rings. The van der Waals surface area contributed by atoms with Gasteiger partial charge in [0.1, 0.15) is 5.78 Å². The molecule has 2 saturated carbocycles. The Morgan fingerprint density at radius 3 is 2.35 bits per heavy atom. The van der Waals surface area contributed by atoms with Gasteiger partial charge in [0.15, 0.2) is 0 Å². The number of ketones is 1. The molecule has 96 valence electrons. The standard InChI is InChI=1S/C14H22O3/c1-5-9-7(2)10-6-11(9)12(8(3)15)13(10)14(16)17-4/h7,9-13H,5-6H2,1-4H3/t7-,9?,10?,11?,12?,13?/m1/s1. The fraction of sp³-hybridized carbons (Fsp3) is 0.857. The summed E-state index contributed by atoms with van der Waals surface area (Å²) in [4.78, 5) is 23.7. The molecule has 0 heterocycles. The first-order valence-electron chi connectivity index (χ1n) is 6.61. The van der Waals surface area contributed by atoms with Crippen LogP contribution in [0.1, 0.15) is 33.6 Å². The van der Waals surface area contributed by atoms with Gasteiger partial charge in [-0.2, -0.15) is 0 Å². The third-order valence-electron chi connectivity index (χ3n) is 5.17. The van der Waals surface area contributed by atoms with Gasteiger partial charge in [0, 0.05) is 5.92 Å². The van der Waals surface area contributed by atoms with Crippen molar-refractivity contribution in [3.05, 3.63) is 0 Å². The van der Waals surface area contributed by atoms with E-state index in [1.165, 1.54) is 7.11 Å². The zero-order valence-corrected chi connectivity index (χ0v) is 11.1. The lowest BCUT2D eigenvalue weighted by molar-refractivity contribution is -0.154. The zero-order chi connectivity index (χ0) is 12.7. The van der Waals surface area contributed by atoms with Crippen LogP contribution < -0.4 is 0 Å². The molecule has 0 spiro atoms. The smallest absolute Gasteiger partial charge is 0.309 e. The second-order valence-electron chi connectivity index (χ2n) is 5.68. The third kappa shape index (κ3) is 1.71. The molecule has 0 radical (unpaired) electrons. The number of carbonyl (C=O) groups is 2. The van der Waals surface area contributed by atoms with Crippen LogP contribution in [0.5, 0.6) is 0 Å². The second-order valence-corrected chi connectivity index (χ2v) is 5.68. The van der Waals surface area contributed by atoms with Crippen molar-refractivity contribution in [1.29, 1.82) is 0 Å². The van der Waals surface area contributed by atoms with Crippen molar-refractivity contribution in [3.63, 3.8) is 0 Å². The predicted molar refractivity (Wildman–Crippen MR) is 64.2 cm³/mol. The van der Waals surface area contributed by atoms with E-state index < -0.39 is 0 Å². The molecule has 5 unspecified atom stereocenters. The Hall–Kier alpha value is -0.860. The first-order chi connectivity index (χ1) is 8.02. The van der Waals surface area contributed by atoms with Gasteiger partial charge in [-0.3, -0.25) is 9.59 Å². The molecule has 0 aromatic heterocycles. The number of fused-ring (bicyclic) bond motifs is 2. The number of carbonyl (C=O) groups excluding carboxylic acids is 2. The first-order valence-corrected chi connectivity index (χ1v) is 6.61. The highest BCUT2D eigenvalue weighted by Crippen LogP contribution is 2.59. The second kappa shape index (κ2) is 4.43. The Morgan fingerprint density at radius 2 is 1.88 bits per heavy atom. The molecule has 0 amide bonds. The van der Waals surface area contributed by atoms with Crippen molar-refractivity contribution >= 4 is 11.8 Å². The minimum Gasteiger partial charge on any atom is -0.469 e. The van der Waals surface area contributed by atoms with Crippen LogP contribution in [0.4, 0.5) is 0 Å². The van der Waals surface area contributed by atoms with Crippen molar-refractivity contribution in [2.45, 2.75) is 33.6 Å². The van der Waals surface area contributed by atoms with Gasteiger partial charge in [-0.05, 0) is 37.0 Å². The van der Waals surface area contributed by atoms with E-state index in [2.05, 4.69) is 13.8 Å². The van der Waals surface area contributed by atoms with Crippen LogP contribution in [0.15, 0.2) is 0 Å². The van der Waals surface area contributed by atoms with E-state index in [9.17, 15) is 9.59 Å². The van der Waals surface area contributed by atoms with Crippen molar-refractivity contribution in [2.24, 2.45) is 35.5 Å². The van der Waals surface area contributed by atoms with Gasteiger partial charge in [0.2, 0.25) is 0 Å². The molecule has 2 bridgehead atoms. The van der Waals surface area contributed by atoms with Crippen LogP contribution in [-0.2, 0) is 14.3 Å². The molecule has 3 nitrogen and oxygen atoms in total. The van der Waals surface area contributed by atoms with Gasteiger partial charge in [0.05, 0.1) is 13.0 Å². The van der Waals surface area contributed by atoms with Gasteiger partial charge in [0.25, 0.3) is 0 Å². The van der Waals surface area contributed by atoms with Gasteiger partial charge < -0.3 is 4.74 Å². The van der Waals surface area contributed by atoms with E-state index in [0.717, 1.165) is 12.8 Å². The topological polar surface area (TPSA) is 43.4 Å². The van der Waals surface area contributed by atoms with Crippen molar-refractivity contribution in [3.8, 4) is 0 Å². The molecule has 2 rings (SSSR count). The van der Waals surface area contributed by atoms with E-state index in [0.29, 0.717) is 23.7 Å². The maximum absolute atomic E-state index is 11.9. The lowest BCUT2D eigenvalue weighted by Crippen LogP contribution is -2.41. The molecule has 3 heteroatoms. The normalized spacial score (nSPS) is 43.8. The zero-order valence-electron chi connectivity index (χ0n) is 11.1. The maximum Gasteiger partial charge on any atom is 0.309 e. The molecule has 0 aromatic carbocycles. The van der Waals surface area contributed by atoms with E-state index in [1.54, 1.807) is 6.92 Å². The Bertz CT molecular complexity index is 336. The third-order valence-corrected chi connectivity index (χ3v) is 5.17. The molecule has 2 fully saturated rings. The van der Waals surface area contributed by atoms with Crippen LogP contribution in [-0.4, -0.2) is 18.9 Å². The van der Waals surface area contributed by atoms with Gasteiger partial charge in [-0.15, -0.1) is 0 Å². The Kier molecular flexibility index (Phi) is 3.28. The fourth-order valence-electron chi connectivity index (χ4n) is 4.52. The summed E-state index contributed by atoms with van der Waals surface area (Å²) in [6.45, 7) is 6.04. The van der Waals surface area contributed by atoms with Gasteiger partial charge in [-0.25, -0.2) is 0 Å². The summed E-state index contributed by atoms with van der Waals surface area (Å²) in [6, 6.07) is 0. The highest BCUT2D eigenvalue weighted by Gasteiger charge is 2.59. The number of hydrogen-bond acceptors (Lipinski definition) is 3. The maximum atomic E-state index is 11.9. The molecule has 17 heavy (non-hydrogen) atoms. The average molecular weight is 238 g/mol. The predicted octanol–water partition coefficient (Wildman–Crippen LogP) is 2.29. The monoisotopic (exact) mass is 238 g/mol. The number of esters is 1. The van der Waals surface area contributed by atoms with Crippen LogP contribution >= 0.6 is 0 Å². The average Bonchev–Trinajstić information content (AvgIpc) is 2.82. The van der Waals surface area contributed by atoms with Gasteiger partial charge >= 0.3 is 5.97 Å². The SMILES string of the molecule is CCC1C2CC(C(C(=O)OC)C2C(C)=O)[C@@H]1C. The number of Topliss-reactive ketones (excluding diaryl/α,β-unsaturated/α-hetero) is 1. The van der Waals surface area contributed by atoms with Gasteiger partial charge in [-0.1, -0.05) is 20.3 Å². The lowest BCUT2D eigenvalue weighted by Gasteiger charge is -2.37. The molecule has 2 aliphatic rings. The number of hydrogen-bond donors (Lipinski definition) is 0. The molecular formula is C14H22O3. The molecule has 0 saturated heterocycles. The number of methoxy groups -OCH3 is 1. The summed E-state index contributed by atoms with van der Waals surface area (Å²) in [7, 11) is 1.42. The number of rotatable bonds is 3. The van der Waals surface area contributed by atoms with Crippen molar-refractivity contribution in [2.75, 3.05) is 7.11 Å². The Balaban J connectivity index is 2.30. The molecule has 6 atom stereocenters. The molecule has 0 N–H and O–H groups in total. The summed E-state index contributed by atoms with van der Waals surface area (Å²) in [5.74, 6) is 1.62. The van der Waals surface area contributed by atoms with Crippen LogP contribution in [0.3, 0.4) is 0 Å². The fourth-order valence-corrected chi connectivity index (χ4v) is 4.52. The van der Waals surface area contributed by atoms with Crippen LogP contribution in [0.2, 0.25) is 0 Å². The van der Waals surface area contributed by atoms with E-state index in [4.69, 9.17) is 4.74 Å². The minimum absolute atomic E-state index is 0.0893. The largest absolute Gasteiger partial charge is 0.469 e. The summed E-state index contributed by atoms with van der Waals surface area (Å²) in [5, 5.41) is 0.